The standard InChI is InChI=1S/C9H12FN3O/c1-6(13-9(11)12)14-8-4-2-7(10)3-5-8/h2-6H,1H3,(H4,11,12,13). The third-order valence-electron chi connectivity index (χ3n) is 1.49. The van der Waals surface area contributed by atoms with Crippen molar-refractivity contribution in [2.45, 2.75) is 13.2 Å². The van der Waals surface area contributed by atoms with Gasteiger partial charge in [-0.05, 0) is 31.2 Å². The van der Waals surface area contributed by atoms with E-state index in [1.165, 1.54) is 24.3 Å². The van der Waals surface area contributed by atoms with Crippen molar-refractivity contribution in [1.29, 1.82) is 5.41 Å². The lowest BCUT2D eigenvalue weighted by atomic mass is 10.3. The number of hydrogen-bond acceptors (Lipinski definition) is 2. The van der Waals surface area contributed by atoms with Crippen molar-refractivity contribution in [3.8, 4) is 5.75 Å². The van der Waals surface area contributed by atoms with Crippen LogP contribution in [0.4, 0.5) is 4.39 Å². The molecule has 0 saturated heterocycles. The molecule has 76 valence electrons. The fourth-order valence-electron chi connectivity index (χ4n) is 0.966. The van der Waals surface area contributed by atoms with Crippen LogP contribution in [0.2, 0.25) is 0 Å². The van der Waals surface area contributed by atoms with E-state index >= 15 is 0 Å². The van der Waals surface area contributed by atoms with Crippen molar-refractivity contribution in [1.82, 2.24) is 5.32 Å². The van der Waals surface area contributed by atoms with Crippen molar-refractivity contribution in [3.05, 3.63) is 30.1 Å². The van der Waals surface area contributed by atoms with Crippen LogP contribution >= 0.6 is 0 Å². The van der Waals surface area contributed by atoms with E-state index in [9.17, 15) is 4.39 Å². The Kier molecular flexibility index (Phi) is 3.28. The van der Waals surface area contributed by atoms with Crippen LogP contribution < -0.4 is 15.8 Å². The Morgan fingerprint density at radius 3 is 2.57 bits per heavy atom. The monoisotopic (exact) mass is 197 g/mol. The van der Waals surface area contributed by atoms with E-state index in [0.29, 0.717) is 5.75 Å². The van der Waals surface area contributed by atoms with Crippen LogP contribution in [0.1, 0.15) is 6.92 Å². The molecular formula is C9H12FN3O. The van der Waals surface area contributed by atoms with Crippen LogP contribution in [0.15, 0.2) is 24.3 Å². The Morgan fingerprint density at radius 2 is 2.07 bits per heavy atom. The predicted molar refractivity (Wildman–Crippen MR) is 51.5 cm³/mol. The molecule has 14 heavy (non-hydrogen) atoms. The molecule has 5 heteroatoms. The first-order valence-electron chi connectivity index (χ1n) is 4.10. The van der Waals surface area contributed by atoms with Gasteiger partial charge in [-0.15, -0.1) is 0 Å². The number of guanidine groups is 1. The topological polar surface area (TPSA) is 71.1 Å². The molecule has 0 aliphatic carbocycles. The third-order valence-corrected chi connectivity index (χ3v) is 1.49. The van der Waals surface area contributed by atoms with E-state index in [2.05, 4.69) is 5.32 Å². The molecule has 0 heterocycles. The van der Waals surface area contributed by atoms with Gasteiger partial charge in [0.05, 0.1) is 0 Å². The van der Waals surface area contributed by atoms with Gasteiger partial charge in [-0.25, -0.2) is 4.39 Å². The zero-order valence-corrected chi connectivity index (χ0v) is 7.75. The van der Waals surface area contributed by atoms with E-state index < -0.39 is 6.23 Å². The second kappa shape index (κ2) is 4.45. The first kappa shape index (κ1) is 10.3. The lowest BCUT2D eigenvalue weighted by Gasteiger charge is -2.15. The second-order valence-electron chi connectivity index (χ2n) is 2.77. The van der Waals surface area contributed by atoms with Gasteiger partial charge < -0.3 is 15.8 Å². The van der Waals surface area contributed by atoms with Crippen LogP contribution in [0.5, 0.6) is 5.75 Å². The van der Waals surface area contributed by atoms with Gasteiger partial charge in [0.15, 0.2) is 12.2 Å². The van der Waals surface area contributed by atoms with Gasteiger partial charge in [0.1, 0.15) is 11.6 Å². The largest absolute Gasteiger partial charge is 0.471 e. The van der Waals surface area contributed by atoms with Crippen molar-refractivity contribution in [2.24, 2.45) is 5.73 Å². The molecule has 1 aromatic rings. The van der Waals surface area contributed by atoms with Crippen LogP contribution in [-0.2, 0) is 0 Å². The minimum atomic E-state index is -0.419. The molecule has 0 fully saturated rings. The number of nitrogens with two attached hydrogens (primary N) is 1. The summed E-state index contributed by atoms with van der Waals surface area (Å²) in [5.41, 5.74) is 5.10. The van der Waals surface area contributed by atoms with Crippen LogP contribution in [0, 0.1) is 11.2 Å². The molecule has 4 nitrogen and oxygen atoms in total. The maximum atomic E-state index is 12.5. The summed E-state index contributed by atoms with van der Waals surface area (Å²) >= 11 is 0. The zero-order valence-electron chi connectivity index (χ0n) is 7.75. The number of halogens is 1. The molecule has 0 amide bonds. The number of nitrogens with one attached hydrogen (secondary N) is 2. The van der Waals surface area contributed by atoms with E-state index in [1.54, 1.807) is 6.92 Å². The normalized spacial score (nSPS) is 11.9. The van der Waals surface area contributed by atoms with Gasteiger partial charge in [-0.1, -0.05) is 0 Å². The molecule has 1 rings (SSSR count). The van der Waals surface area contributed by atoms with Gasteiger partial charge in [-0.3, -0.25) is 5.41 Å². The number of rotatable bonds is 3. The quantitative estimate of drug-likeness (QED) is 0.385. The van der Waals surface area contributed by atoms with Crippen molar-refractivity contribution < 1.29 is 9.13 Å². The summed E-state index contributed by atoms with van der Waals surface area (Å²) in [6.07, 6.45) is -0.419. The van der Waals surface area contributed by atoms with Crippen LogP contribution in [0.3, 0.4) is 0 Å². The minimum absolute atomic E-state index is 0.167. The maximum absolute atomic E-state index is 12.5. The van der Waals surface area contributed by atoms with Crippen molar-refractivity contribution in [3.63, 3.8) is 0 Å². The highest BCUT2D eigenvalue weighted by Gasteiger charge is 2.03. The average Bonchev–Trinajstić information content (AvgIpc) is 2.07. The SMILES string of the molecule is CC(NC(=N)N)Oc1ccc(F)cc1. The smallest absolute Gasteiger partial charge is 0.188 e. The van der Waals surface area contributed by atoms with Gasteiger partial charge in [0.25, 0.3) is 0 Å². The molecule has 0 aliphatic heterocycles. The highest BCUT2D eigenvalue weighted by molar-refractivity contribution is 5.74. The van der Waals surface area contributed by atoms with Gasteiger partial charge in [0, 0.05) is 0 Å². The Morgan fingerprint density at radius 1 is 1.50 bits per heavy atom. The van der Waals surface area contributed by atoms with E-state index in [4.69, 9.17) is 15.9 Å². The number of benzene rings is 1. The summed E-state index contributed by atoms with van der Waals surface area (Å²) in [5, 5.41) is 9.50. The zero-order chi connectivity index (χ0) is 10.6. The summed E-state index contributed by atoms with van der Waals surface area (Å²) in [6, 6.07) is 5.62. The summed E-state index contributed by atoms with van der Waals surface area (Å²) < 4.78 is 17.8. The summed E-state index contributed by atoms with van der Waals surface area (Å²) in [4.78, 5) is 0. The van der Waals surface area contributed by atoms with Gasteiger partial charge in [-0.2, -0.15) is 0 Å². The molecule has 1 unspecified atom stereocenters. The molecule has 0 radical (unpaired) electrons. The Bertz CT molecular complexity index is 312. The van der Waals surface area contributed by atoms with Crippen LogP contribution in [-0.4, -0.2) is 12.2 Å². The maximum Gasteiger partial charge on any atom is 0.188 e. The Labute approximate surface area is 81.4 Å². The lowest BCUT2D eigenvalue weighted by molar-refractivity contribution is 0.206. The molecule has 0 aromatic heterocycles. The average molecular weight is 197 g/mol. The summed E-state index contributed by atoms with van der Waals surface area (Å²) in [6.45, 7) is 1.70. The van der Waals surface area contributed by atoms with E-state index in [1.807, 2.05) is 0 Å². The highest BCUT2D eigenvalue weighted by atomic mass is 19.1. The Balaban J connectivity index is 2.51. The molecule has 0 aliphatic rings. The van der Waals surface area contributed by atoms with E-state index in [-0.39, 0.29) is 11.8 Å². The fraction of sp³-hybridized carbons (Fsp3) is 0.222. The molecule has 1 aromatic carbocycles. The van der Waals surface area contributed by atoms with E-state index in [0.717, 1.165) is 0 Å². The first-order valence-corrected chi connectivity index (χ1v) is 4.10. The molecule has 0 bridgehead atoms. The fourth-order valence-corrected chi connectivity index (χ4v) is 0.966. The predicted octanol–water partition coefficient (Wildman–Crippen LogP) is 1.03. The summed E-state index contributed by atoms with van der Waals surface area (Å²) in [7, 11) is 0. The first-order chi connectivity index (χ1) is 6.58. The van der Waals surface area contributed by atoms with Gasteiger partial charge >= 0.3 is 0 Å². The molecular weight excluding hydrogens is 185 g/mol. The second-order valence-corrected chi connectivity index (χ2v) is 2.77. The van der Waals surface area contributed by atoms with Crippen LogP contribution in [0.25, 0.3) is 0 Å². The molecule has 1 atom stereocenters. The van der Waals surface area contributed by atoms with Crippen molar-refractivity contribution >= 4 is 5.96 Å². The highest BCUT2D eigenvalue weighted by Crippen LogP contribution is 2.11. The number of hydrogen-bond donors (Lipinski definition) is 3. The van der Waals surface area contributed by atoms with Crippen molar-refractivity contribution in [2.75, 3.05) is 0 Å². The molecule has 0 saturated carbocycles. The number of ether oxygens (including phenoxy) is 1. The summed E-state index contributed by atoms with van der Waals surface area (Å²) in [5.74, 6) is 0.0387. The van der Waals surface area contributed by atoms with Gasteiger partial charge in [0.2, 0.25) is 0 Å². The lowest BCUT2D eigenvalue weighted by Crippen LogP contribution is -2.40. The molecule has 4 N–H and O–H groups in total. The molecule has 0 spiro atoms. The minimum Gasteiger partial charge on any atom is -0.471 e. The Hall–Kier alpha value is -1.78. The third kappa shape index (κ3) is 3.30.